The number of rotatable bonds is 5. The maximum atomic E-state index is 11.3. The van der Waals surface area contributed by atoms with Gasteiger partial charge in [0.2, 0.25) is 0 Å². The predicted octanol–water partition coefficient (Wildman–Crippen LogP) is 3.68. The minimum Gasteiger partial charge on any atom is -0.507 e. The molecule has 1 aromatic heterocycles. The van der Waals surface area contributed by atoms with E-state index < -0.39 is 0 Å². The number of nitrogens with zero attached hydrogens (tertiary/aromatic N) is 1. The van der Waals surface area contributed by atoms with Gasteiger partial charge >= 0.3 is 0 Å². The number of phenolic OH excluding ortho intramolecular Hbond substituents is 1. The largest absolute Gasteiger partial charge is 0.507 e. The molecule has 0 saturated heterocycles. The highest BCUT2D eigenvalue weighted by Gasteiger charge is 2.11. The molecular formula is C15H17NO2S. The molecule has 0 aliphatic heterocycles. The minimum absolute atomic E-state index is 0.0506. The second-order valence-electron chi connectivity index (χ2n) is 4.35. The van der Waals surface area contributed by atoms with Crippen LogP contribution in [0, 0.1) is 0 Å². The average molecular weight is 275 g/mol. The van der Waals surface area contributed by atoms with Crippen LogP contribution in [0.1, 0.15) is 29.1 Å². The van der Waals surface area contributed by atoms with E-state index in [-0.39, 0.29) is 11.5 Å². The highest BCUT2D eigenvalue weighted by molar-refractivity contribution is 7.09. The molecule has 1 N–H and O–H groups in total. The second-order valence-corrected chi connectivity index (χ2v) is 5.38. The molecule has 0 atom stereocenters. The number of thiophene rings is 1. The molecule has 100 valence electrons. The van der Waals surface area contributed by atoms with E-state index in [9.17, 15) is 9.90 Å². The van der Waals surface area contributed by atoms with Gasteiger partial charge in [0, 0.05) is 23.2 Å². The van der Waals surface area contributed by atoms with Gasteiger partial charge in [-0.15, -0.1) is 11.3 Å². The van der Waals surface area contributed by atoms with Crippen LogP contribution in [0.5, 0.6) is 5.75 Å². The van der Waals surface area contributed by atoms with Crippen molar-refractivity contribution in [3.63, 3.8) is 0 Å². The van der Waals surface area contributed by atoms with E-state index >= 15 is 0 Å². The quantitative estimate of drug-likeness (QED) is 0.846. The summed E-state index contributed by atoms with van der Waals surface area (Å²) in [6.45, 7) is 5.19. The van der Waals surface area contributed by atoms with Crippen molar-refractivity contribution in [2.45, 2.75) is 20.4 Å². The third kappa shape index (κ3) is 3.15. The number of ketones is 1. The molecule has 0 radical (unpaired) electrons. The molecule has 0 bridgehead atoms. The summed E-state index contributed by atoms with van der Waals surface area (Å²) in [5.74, 6) is -0.0695. The molecular weight excluding hydrogens is 258 g/mol. The number of phenols is 1. The average Bonchev–Trinajstić information content (AvgIpc) is 2.88. The summed E-state index contributed by atoms with van der Waals surface area (Å²) >= 11 is 1.72. The Morgan fingerprint density at radius 2 is 2.16 bits per heavy atom. The summed E-state index contributed by atoms with van der Waals surface area (Å²) in [7, 11) is 0. The fourth-order valence-electron chi connectivity index (χ4n) is 1.99. The van der Waals surface area contributed by atoms with E-state index in [2.05, 4.69) is 23.3 Å². The Bertz CT molecular complexity index is 564. The van der Waals surface area contributed by atoms with Crippen molar-refractivity contribution < 1.29 is 9.90 Å². The molecule has 19 heavy (non-hydrogen) atoms. The molecule has 0 aliphatic rings. The van der Waals surface area contributed by atoms with Crippen LogP contribution >= 0.6 is 11.3 Å². The zero-order chi connectivity index (χ0) is 13.8. The van der Waals surface area contributed by atoms with Gasteiger partial charge < -0.3 is 10.0 Å². The molecule has 0 saturated carbocycles. The first kappa shape index (κ1) is 13.6. The Balaban J connectivity index is 2.23. The maximum absolute atomic E-state index is 11.3. The van der Waals surface area contributed by atoms with Gasteiger partial charge in [-0.1, -0.05) is 6.07 Å². The van der Waals surface area contributed by atoms with E-state index in [1.807, 2.05) is 12.1 Å². The molecule has 0 aliphatic carbocycles. The van der Waals surface area contributed by atoms with Crippen LogP contribution < -0.4 is 4.90 Å². The Hall–Kier alpha value is -1.81. The van der Waals surface area contributed by atoms with Crippen LogP contribution in [0.15, 0.2) is 35.7 Å². The highest BCUT2D eigenvalue weighted by atomic mass is 32.1. The first-order chi connectivity index (χ1) is 9.11. The van der Waals surface area contributed by atoms with E-state index in [0.717, 1.165) is 18.8 Å². The number of aromatic hydroxyl groups is 1. The Labute approximate surface area is 117 Å². The van der Waals surface area contributed by atoms with Gasteiger partial charge in [-0.05, 0) is 37.4 Å². The summed E-state index contributed by atoms with van der Waals surface area (Å²) in [4.78, 5) is 14.7. The molecule has 1 aromatic carbocycles. The number of carbonyl (C=O) groups is 1. The Morgan fingerprint density at radius 1 is 1.37 bits per heavy atom. The lowest BCUT2D eigenvalue weighted by Gasteiger charge is -2.23. The first-order valence-corrected chi connectivity index (χ1v) is 7.11. The van der Waals surface area contributed by atoms with Crippen LogP contribution in [-0.2, 0) is 6.54 Å². The van der Waals surface area contributed by atoms with Crippen molar-refractivity contribution in [2.24, 2.45) is 0 Å². The molecule has 1 heterocycles. The van der Waals surface area contributed by atoms with Gasteiger partial charge in [-0.2, -0.15) is 0 Å². The number of hydrogen-bond acceptors (Lipinski definition) is 4. The van der Waals surface area contributed by atoms with E-state index in [1.54, 1.807) is 23.5 Å². The molecule has 0 unspecified atom stereocenters. The van der Waals surface area contributed by atoms with Gasteiger partial charge in [0.25, 0.3) is 0 Å². The Kier molecular flexibility index (Phi) is 4.22. The lowest BCUT2D eigenvalue weighted by atomic mass is 10.1. The molecule has 2 rings (SSSR count). The lowest BCUT2D eigenvalue weighted by Crippen LogP contribution is -2.21. The normalized spacial score (nSPS) is 10.4. The molecule has 0 fully saturated rings. The van der Waals surface area contributed by atoms with E-state index in [0.29, 0.717) is 5.56 Å². The number of Topliss-reactive ketones (excluding diaryl/α,β-unsaturated/α-hetero) is 1. The smallest absolute Gasteiger partial charge is 0.163 e. The number of carbonyl (C=O) groups excluding carboxylic acids is 1. The van der Waals surface area contributed by atoms with Crippen molar-refractivity contribution in [2.75, 3.05) is 11.4 Å². The number of benzene rings is 1. The van der Waals surface area contributed by atoms with Crippen molar-refractivity contribution in [3.8, 4) is 5.75 Å². The lowest BCUT2D eigenvalue weighted by molar-refractivity contribution is 0.101. The van der Waals surface area contributed by atoms with Crippen LogP contribution in [-0.4, -0.2) is 17.4 Å². The first-order valence-electron chi connectivity index (χ1n) is 6.23. The summed E-state index contributed by atoms with van der Waals surface area (Å²) in [6.07, 6.45) is 0. The van der Waals surface area contributed by atoms with Crippen LogP contribution in [0.2, 0.25) is 0 Å². The number of anilines is 1. The summed E-state index contributed by atoms with van der Waals surface area (Å²) in [6, 6.07) is 9.35. The van der Waals surface area contributed by atoms with Crippen molar-refractivity contribution >= 4 is 22.8 Å². The predicted molar refractivity (Wildman–Crippen MR) is 79.2 cm³/mol. The molecule has 0 spiro atoms. The third-order valence-electron chi connectivity index (χ3n) is 3.03. The van der Waals surface area contributed by atoms with Crippen molar-refractivity contribution in [1.82, 2.24) is 0 Å². The molecule has 2 aromatic rings. The number of hydrogen-bond donors (Lipinski definition) is 1. The zero-order valence-corrected chi connectivity index (χ0v) is 11.9. The van der Waals surface area contributed by atoms with Crippen LogP contribution in [0.3, 0.4) is 0 Å². The maximum Gasteiger partial charge on any atom is 0.163 e. The third-order valence-corrected chi connectivity index (χ3v) is 3.90. The summed E-state index contributed by atoms with van der Waals surface area (Å²) in [5, 5.41) is 11.9. The van der Waals surface area contributed by atoms with Crippen LogP contribution in [0.4, 0.5) is 5.69 Å². The zero-order valence-electron chi connectivity index (χ0n) is 11.1. The standard InChI is InChI=1S/C15H17NO2S/c1-3-16(10-13-5-4-8-19-13)12-6-7-14(11(2)17)15(18)9-12/h4-9,18H,3,10H2,1-2H3. The second kappa shape index (κ2) is 5.89. The molecule has 3 nitrogen and oxygen atoms in total. The summed E-state index contributed by atoms with van der Waals surface area (Å²) < 4.78 is 0. The topological polar surface area (TPSA) is 40.5 Å². The van der Waals surface area contributed by atoms with Crippen molar-refractivity contribution in [3.05, 3.63) is 46.2 Å². The van der Waals surface area contributed by atoms with Gasteiger partial charge in [-0.25, -0.2) is 0 Å². The monoisotopic (exact) mass is 275 g/mol. The van der Waals surface area contributed by atoms with Gasteiger partial charge in [0.1, 0.15) is 5.75 Å². The molecule has 0 amide bonds. The van der Waals surface area contributed by atoms with E-state index in [4.69, 9.17) is 0 Å². The fourth-order valence-corrected chi connectivity index (χ4v) is 2.71. The highest BCUT2D eigenvalue weighted by Crippen LogP contribution is 2.26. The van der Waals surface area contributed by atoms with Crippen molar-refractivity contribution in [1.29, 1.82) is 0 Å². The van der Waals surface area contributed by atoms with E-state index in [1.165, 1.54) is 11.8 Å². The van der Waals surface area contributed by atoms with Crippen LogP contribution in [0.25, 0.3) is 0 Å². The summed E-state index contributed by atoms with van der Waals surface area (Å²) in [5.41, 5.74) is 1.30. The van der Waals surface area contributed by atoms with Gasteiger partial charge in [0.05, 0.1) is 12.1 Å². The van der Waals surface area contributed by atoms with Gasteiger partial charge in [-0.3, -0.25) is 4.79 Å². The SMILES string of the molecule is CCN(Cc1cccs1)c1ccc(C(C)=O)c(O)c1. The fraction of sp³-hybridized carbons (Fsp3) is 0.267. The van der Waals surface area contributed by atoms with Gasteiger partial charge in [0.15, 0.2) is 5.78 Å². The minimum atomic E-state index is -0.120. The Morgan fingerprint density at radius 3 is 2.68 bits per heavy atom. The molecule has 4 heteroatoms.